The fourth-order valence-corrected chi connectivity index (χ4v) is 9.29. The second-order valence-corrected chi connectivity index (χ2v) is 12.7. The van der Waals surface area contributed by atoms with Gasteiger partial charge >= 0.3 is 0 Å². The van der Waals surface area contributed by atoms with E-state index in [9.17, 15) is 15.0 Å². The molecule has 0 spiro atoms. The second kappa shape index (κ2) is 7.76. The SMILES string of the molecule is Cn1cnnc1SCC(=O)[C@@]1(O)CCC2C3CCC4=Cc5c(cnn5C)CC4(C)C3[C@@H](O)CC21C. The molecule has 188 valence electrons. The van der Waals surface area contributed by atoms with Crippen LogP contribution in [-0.4, -0.2) is 58.0 Å². The molecule has 3 saturated carbocycles. The minimum Gasteiger partial charge on any atom is -0.393 e. The summed E-state index contributed by atoms with van der Waals surface area (Å²) in [7, 11) is 3.84. The maximum Gasteiger partial charge on any atom is 0.191 e. The van der Waals surface area contributed by atoms with Crippen LogP contribution in [0.1, 0.15) is 57.2 Å². The lowest BCUT2D eigenvalue weighted by atomic mass is 9.45. The summed E-state index contributed by atoms with van der Waals surface area (Å²) in [5.41, 5.74) is 1.69. The van der Waals surface area contributed by atoms with Gasteiger partial charge in [0.15, 0.2) is 10.9 Å². The molecule has 2 N–H and O–H groups in total. The highest BCUT2D eigenvalue weighted by Gasteiger charge is 2.68. The quantitative estimate of drug-likeness (QED) is 0.626. The number of fused-ring (bicyclic) bond motifs is 6. The van der Waals surface area contributed by atoms with E-state index in [1.807, 2.05) is 25.0 Å². The molecule has 8 nitrogen and oxygen atoms in total. The van der Waals surface area contributed by atoms with Crippen LogP contribution in [0.3, 0.4) is 0 Å². The summed E-state index contributed by atoms with van der Waals surface area (Å²) < 4.78 is 3.73. The number of ketones is 1. The van der Waals surface area contributed by atoms with Crippen LogP contribution in [0.15, 0.2) is 23.3 Å². The monoisotopic (exact) mass is 497 g/mol. The van der Waals surface area contributed by atoms with Crippen molar-refractivity contribution in [2.45, 2.75) is 69.2 Å². The van der Waals surface area contributed by atoms with Crippen LogP contribution in [0.2, 0.25) is 0 Å². The largest absolute Gasteiger partial charge is 0.393 e. The normalized spacial score (nSPS) is 39.9. The van der Waals surface area contributed by atoms with Gasteiger partial charge in [-0.2, -0.15) is 5.10 Å². The Kier molecular flexibility index (Phi) is 5.20. The lowest BCUT2D eigenvalue weighted by Gasteiger charge is -2.60. The number of rotatable bonds is 4. The summed E-state index contributed by atoms with van der Waals surface area (Å²) in [6, 6.07) is 0. The van der Waals surface area contributed by atoms with Crippen molar-refractivity contribution in [2.24, 2.45) is 42.7 Å². The number of Topliss-reactive ketones (excluding diaryl/α,β-unsaturated/α-hetero) is 1. The topological polar surface area (TPSA) is 106 Å². The molecule has 4 aliphatic carbocycles. The van der Waals surface area contributed by atoms with E-state index in [0.29, 0.717) is 18.0 Å². The van der Waals surface area contributed by atoms with Crippen LogP contribution in [-0.2, 0) is 25.3 Å². The number of hydrogen-bond donors (Lipinski definition) is 2. The molecular weight excluding hydrogens is 462 g/mol. The predicted molar refractivity (Wildman–Crippen MR) is 132 cm³/mol. The summed E-state index contributed by atoms with van der Waals surface area (Å²) in [6.07, 6.45) is 9.96. The molecule has 9 heteroatoms. The Morgan fingerprint density at radius 3 is 2.83 bits per heavy atom. The standard InChI is InChI=1S/C26H35N5O3S/c1-24-10-15-12-28-31(4)19(15)9-16(24)5-6-17-18-7-8-26(34,25(18,2)11-20(32)22(17)24)21(33)13-35-23-29-27-14-30(23)3/h9,12,14,17-18,20,22,32,34H,5-8,10-11,13H2,1-4H3/t17?,18?,20-,22?,24?,25?,26-/m0/s1. The minimum absolute atomic E-state index is 0.120. The van der Waals surface area contributed by atoms with E-state index < -0.39 is 17.1 Å². The zero-order chi connectivity index (χ0) is 24.8. The smallest absolute Gasteiger partial charge is 0.191 e. The van der Waals surface area contributed by atoms with Crippen LogP contribution < -0.4 is 0 Å². The first-order chi connectivity index (χ1) is 16.6. The van der Waals surface area contributed by atoms with Gasteiger partial charge in [0.05, 0.1) is 23.7 Å². The number of aryl methyl sites for hydroxylation is 2. The van der Waals surface area contributed by atoms with Crippen LogP contribution in [0.25, 0.3) is 6.08 Å². The summed E-state index contributed by atoms with van der Waals surface area (Å²) >= 11 is 1.32. The number of carbonyl (C=O) groups is 1. The molecule has 0 amide bonds. The Morgan fingerprint density at radius 1 is 1.29 bits per heavy atom. The van der Waals surface area contributed by atoms with Gasteiger partial charge < -0.3 is 14.8 Å². The van der Waals surface area contributed by atoms with Crippen LogP contribution in [0.4, 0.5) is 0 Å². The van der Waals surface area contributed by atoms with Crippen molar-refractivity contribution >= 4 is 23.6 Å². The third kappa shape index (κ3) is 3.13. The molecule has 4 aliphatic rings. The van der Waals surface area contributed by atoms with E-state index in [0.717, 1.165) is 25.7 Å². The molecule has 35 heavy (non-hydrogen) atoms. The molecule has 0 bridgehead atoms. The van der Waals surface area contributed by atoms with Crippen LogP contribution in [0, 0.1) is 28.6 Å². The number of thioether (sulfide) groups is 1. The predicted octanol–water partition coefficient (Wildman–Crippen LogP) is 2.79. The molecule has 7 atom stereocenters. The average Bonchev–Trinajstić information content (AvgIpc) is 3.46. The molecule has 6 rings (SSSR count). The molecule has 3 fully saturated rings. The molecule has 0 aliphatic heterocycles. The number of carbonyl (C=O) groups excluding carboxylic acids is 1. The van der Waals surface area contributed by atoms with Crippen molar-refractivity contribution in [3.05, 3.63) is 29.4 Å². The van der Waals surface area contributed by atoms with Gasteiger partial charge in [-0.05, 0) is 73.3 Å². The zero-order valence-corrected chi connectivity index (χ0v) is 21.8. The highest BCUT2D eigenvalue weighted by Crippen LogP contribution is 2.67. The van der Waals surface area contributed by atoms with Crippen molar-refractivity contribution in [3.8, 4) is 0 Å². The summed E-state index contributed by atoms with van der Waals surface area (Å²) in [4.78, 5) is 13.5. The first-order valence-electron chi connectivity index (χ1n) is 12.7. The summed E-state index contributed by atoms with van der Waals surface area (Å²) in [5.74, 6) is 0.640. The van der Waals surface area contributed by atoms with Crippen LogP contribution in [0.5, 0.6) is 0 Å². The van der Waals surface area contributed by atoms with Crippen molar-refractivity contribution < 1.29 is 15.0 Å². The average molecular weight is 498 g/mol. The molecule has 0 aromatic carbocycles. The molecule has 2 heterocycles. The van der Waals surface area contributed by atoms with Gasteiger partial charge in [-0.3, -0.25) is 9.48 Å². The lowest BCUT2D eigenvalue weighted by Crippen LogP contribution is -2.62. The van der Waals surface area contributed by atoms with Crippen molar-refractivity contribution in [2.75, 3.05) is 5.75 Å². The van der Waals surface area contributed by atoms with Crippen LogP contribution >= 0.6 is 11.8 Å². The fourth-order valence-electron chi connectivity index (χ4n) is 8.43. The highest BCUT2D eigenvalue weighted by atomic mass is 32.2. The maximum absolute atomic E-state index is 13.5. The molecule has 0 saturated heterocycles. The number of aliphatic hydroxyl groups excluding tert-OH is 1. The minimum atomic E-state index is -1.42. The lowest BCUT2D eigenvalue weighted by molar-refractivity contribution is -0.177. The first-order valence-corrected chi connectivity index (χ1v) is 13.7. The Bertz CT molecular complexity index is 1220. The van der Waals surface area contributed by atoms with Crippen molar-refractivity contribution in [3.63, 3.8) is 0 Å². The first kappa shape index (κ1) is 23.4. The van der Waals surface area contributed by atoms with Gasteiger partial charge in [-0.25, -0.2) is 0 Å². The van der Waals surface area contributed by atoms with Gasteiger partial charge in [-0.1, -0.05) is 31.2 Å². The van der Waals surface area contributed by atoms with Gasteiger partial charge in [0, 0.05) is 19.5 Å². The molecule has 2 aromatic rings. The fraction of sp³-hybridized carbons (Fsp3) is 0.692. The third-order valence-corrected chi connectivity index (χ3v) is 11.3. The molecule has 0 radical (unpaired) electrons. The third-order valence-electron chi connectivity index (χ3n) is 10.2. The summed E-state index contributed by atoms with van der Waals surface area (Å²) in [6.45, 7) is 4.38. The molecular formula is C26H35N5O3S. The summed E-state index contributed by atoms with van der Waals surface area (Å²) in [5, 5.41) is 36.7. The number of nitrogens with zero attached hydrogens (tertiary/aromatic N) is 5. The van der Waals surface area contributed by atoms with Crippen molar-refractivity contribution in [1.82, 2.24) is 24.5 Å². The van der Waals surface area contributed by atoms with Crippen molar-refractivity contribution in [1.29, 1.82) is 0 Å². The highest BCUT2D eigenvalue weighted by molar-refractivity contribution is 7.99. The molecule has 2 aromatic heterocycles. The van der Waals surface area contributed by atoms with E-state index >= 15 is 0 Å². The van der Waals surface area contributed by atoms with Gasteiger partial charge in [0.1, 0.15) is 11.9 Å². The zero-order valence-electron chi connectivity index (χ0n) is 20.9. The number of allylic oxidation sites excluding steroid dienone is 1. The number of aromatic nitrogens is 5. The number of aliphatic hydroxyl groups is 2. The molecule has 5 unspecified atom stereocenters. The Hall–Kier alpha value is -1.97. The Morgan fingerprint density at radius 2 is 2.09 bits per heavy atom. The Labute approximate surface area is 210 Å². The van der Waals surface area contributed by atoms with Gasteiger partial charge in [0.2, 0.25) is 0 Å². The van der Waals surface area contributed by atoms with E-state index in [2.05, 4.69) is 35.2 Å². The van der Waals surface area contributed by atoms with E-state index in [4.69, 9.17) is 0 Å². The van der Waals surface area contributed by atoms with E-state index in [1.165, 1.54) is 28.6 Å². The van der Waals surface area contributed by atoms with E-state index in [1.54, 1.807) is 10.9 Å². The second-order valence-electron chi connectivity index (χ2n) is 11.8. The Balaban J connectivity index is 1.28. The van der Waals surface area contributed by atoms with E-state index in [-0.39, 0.29) is 34.7 Å². The maximum atomic E-state index is 13.5. The van der Waals surface area contributed by atoms with Gasteiger partial charge in [0.25, 0.3) is 0 Å². The number of hydrogen-bond acceptors (Lipinski definition) is 7. The van der Waals surface area contributed by atoms with Gasteiger partial charge in [-0.15, -0.1) is 10.2 Å².